The van der Waals surface area contributed by atoms with Crippen molar-refractivity contribution in [2.24, 2.45) is 5.73 Å². The van der Waals surface area contributed by atoms with Gasteiger partial charge in [-0.15, -0.1) is 0 Å². The van der Waals surface area contributed by atoms with Gasteiger partial charge in [0.15, 0.2) is 0 Å². The molecule has 0 saturated carbocycles. The van der Waals surface area contributed by atoms with Crippen LogP contribution in [-0.4, -0.2) is 24.7 Å². The van der Waals surface area contributed by atoms with Crippen LogP contribution in [0.1, 0.15) is 12.0 Å². The fourth-order valence-electron chi connectivity index (χ4n) is 1.76. The highest BCUT2D eigenvalue weighted by Gasteiger charge is 2.39. The van der Waals surface area contributed by atoms with E-state index >= 15 is 0 Å². The molecule has 2 N–H and O–H groups in total. The Hall–Kier alpha value is -0.930. The van der Waals surface area contributed by atoms with Gasteiger partial charge in [-0.3, -0.25) is 4.98 Å². The van der Waals surface area contributed by atoms with Gasteiger partial charge < -0.3 is 10.5 Å². The Morgan fingerprint density at radius 3 is 2.85 bits per heavy atom. The molecular formula is C10H14N2O. The summed E-state index contributed by atoms with van der Waals surface area (Å²) in [5.74, 6) is 0. The van der Waals surface area contributed by atoms with Gasteiger partial charge in [-0.25, -0.2) is 0 Å². The van der Waals surface area contributed by atoms with Crippen LogP contribution < -0.4 is 5.73 Å². The third kappa shape index (κ3) is 1.45. The molecular weight excluding hydrogens is 164 g/mol. The number of rotatable bonds is 3. The molecule has 1 saturated heterocycles. The number of ether oxygens (including phenoxy) is 1. The molecule has 1 aliphatic rings. The minimum Gasteiger partial charge on any atom is -0.379 e. The molecule has 0 spiro atoms. The van der Waals surface area contributed by atoms with Crippen LogP contribution in [0.4, 0.5) is 0 Å². The van der Waals surface area contributed by atoms with E-state index in [0.717, 1.165) is 19.6 Å². The van der Waals surface area contributed by atoms with Gasteiger partial charge in [0.05, 0.1) is 13.2 Å². The molecule has 2 heterocycles. The average Bonchev–Trinajstić information content (AvgIpc) is 2.13. The fourth-order valence-corrected chi connectivity index (χ4v) is 1.76. The SMILES string of the molecule is NCCC1(c2cccnc2)COC1. The summed E-state index contributed by atoms with van der Waals surface area (Å²) in [6.07, 6.45) is 4.69. The second-order valence-electron chi connectivity index (χ2n) is 3.55. The van der Waals surface area contributed by atoms with Crippen molar-refractivity contribution >= 4 is 0 Å². The first-order chi connectivity index (χ1) is 6.37. The van der Waals surface area contributed by atoms with Crippen LogP contribution in [0.25, 0.3) is 0 Å². The second-order valence-corrected chi connectivity index (χ2v) is 3.55. The van der Waals surface area contributed by atoms with Crippen molar-refractivity contribution < 1.29 is 4.74 Å². The van der Waals surface area contributed by atoms with E-state index < -0.39 is 0 Å². The molecule has 1 aliphatic heterocycles. The van der Waals surface area contributed by atoms with Crippen LogP contribution in [0.3, 0.4) is 0 Å². The predicted molar refractivity (Wildman–Crippen MR) is 50.4 cm³/mol. The van der Waals surface area contributed by atoms with Gasteiger partial charge in [0, 0.05) is 17.8 Å². The lowest BCUT2D eigenvalue weighted by Gasteiger charge is -2.41. The van der Waals surface area contributed by atoms with E-state index in [1.54, 1.807) is 6.20 Å². The van der Waals surface area contributed by atoms with E-state index in [-0.39, 0.29) is 5.41 Å². The molecule has 0 aromatic carbocycles. The molecule has 1 aromatic rings. The van der Waals surface area contributed by atoms with E-state index in [9.17, 15) is 0 Å². The van der Waals surface area contributed by atoms with Crippen molar-refractivity contribution in [3.8, 4) is 0 Å². The van der Waals surface area contributed by atoms with Gasteiger partial charge in [-0.1, -0.05) is 6.07 Å². The highest BCUT2D eigenvalue weighted by atomic mass is 16.5. The summed E-state index contributed by atoms with van der Waals surface area (Å²) < 4.78 is 5.26. The molecule has 0 unspecified atom stereocenters. The lowest BCUT2D eigenvalue weighted by molar-refractivity contribution is -0.0632. The molecule has 0 radical (unpaired) electrons. The first kappa shape index (κ1) is 8.66. The Bertz CT molecular complexity index is 270. The summed E-state index contributed by atoms with van der Waals surface area (Å²) in [4.78, 5) is 4.12. The van der Waals surface area contributed by atoms with Gasteiger partial charge >= 0.3 is 0 Å². The summed E-state index contributed by atoms with van der Waals surface area (Å²) in [5, 5.41) is 0. The van der Waals surface area contributed by atoms with Gasteiger partial charge in [-0.05, 0) is 24.6 Å². The van der Waals surface area contributed by atoms with Crippen molar-refractivity contribution in [1.29, 1.82) is 0 Å². The minimum atomic E-state index is 0.156. The van der Waals surface area contributed by atoms with E-state index in [1.807, 2.05) is 12.3 Å². The van der Waals surface area contributed by atoms with Crippen molar-refractivity contribution in [3.63, 3.8) is 0 Å². The maximum Gasteiger partial charge on any atom is 0.0586 e. The molecule has 1 fully saturated rings. The molecule has 0 atom stereocenters. The molecule has 13 heavy (non-hydrogen) atoms. The first-order valence-corrected chi connectivity index (χ1v) is 4.56. The number of hydrogen-bond donors (Lipinski definition) is 1. The summed E-state index contributed by atoms with van der Waals surface area (Å²) >= 11 is 0. The zero-order chi connectivity index (χ0) is 9.15. The van der Waals surface area contributed by atoms with Gasteiger partial charge in [0.25, 0.3) is 0 Å². The summed E-state index contributed by atoms with van der Waals surface area (Å²) in [5.41, 5.74) is 7.00. The molecule has 0 amide bonds. The second kappa shape index (κ2) is 3.44. The Balaban J connectivity index is 2.22. The van der Waals surface area contributed by atoms with Crippen molar-refractivity contribution in [2.45, 2.75) is 11.8 Å². The molecule has 2 rings (SSSR count). The van der Waals surface area contributed by atoms with Crippen LogP contribution in [0.2, 0.25) is 0 Å². The van der Waals surface area contributed by atoms with Gasteiger partial charge in [0.1, 0.15) is 0 Å². The number of nitrogens with two attached hydrogens (primary N) is 1. The normalized spacial score (nSPS) is 19.5. The Morgan fingerprint density at radius 1 is 1.54 bits per heavy atom. The van der Waals surface area contributed by atoms with Crippen molar-refractivity contribution in [2.75, 3.05) is 19.8 Å². The number of aromatic nitrogens is 1. The zero-order valence-corrected chi connectivity index (χ0v) is 7.57. The lowest BCUT2D eigenvalue weighted by atomic mass is 9.76. The van der Waals surface area contributed by atoms with Crippen LogP contribution >= 0.6 is 0 Å². The van der Waals surface area contributed by atoms with Gasteiger partial charge in [-0.2, -0.15) is 0 Å². The van der Waals surface area contributed by atoms with E-state index in [1.165, 1.54) is 5.56 Å². The molecule has 0 bridgehead atoms. The number of hydrogen-bond acceptors (Lipinski definition) is 3. The van der Waals surface area contributed by atoms with Crippen molar-refractivity contribution in [3.05, 3.63) is 30.1 Å². The standard InChI is InChI=1S/C10H14N2O/c11-4-3-10(7-13-8-10)9-2-1-5-12-6-9/h1-2,5-6H,3-4,7-8,11H2. The topological polar surface area (TPSA) is 48.1 Å². The highest BCUT2D eigenvalue weighted by molar-refractivity contribution is 5.24. The van der Waals surface area contributed by atoms with Crippen LogP contribution in [0.5, 0.6) is 0 Å². The Labute approximate surface area is 77.9 Å². The Morgan fingerprint density at radius 2 is 2.38 bits per heavy atom. The summed E-state index contributed by atoms with van der Waals surface area (Å²) in [6, 6.07) is 4.07. The summed E-state index contributed by atoms with van der Waals surface area (Å²) in [7, 11) is 0. The quantitative estimate of drug-likeness (QED) is 0.741. The van der Waals surface area contributed by atoms with Gasteiger partial charge in [0.2, 0.25) is 0 Å². The largest absolute Gasteiger partial charge is 0.379 e. The maximum absolute atomic E-state index is 5.59. The molecule has 3 heteroatoms. The van der Waals surface area contributed by atoms with Crippen LogP contribution in [0.15, 0.2) is 24.5 Å². The van der Waals surface area contributed by atoms with Crippen LogP contribution in [-0.2, 0) is 10.2 Å². The molecule has 70 valence electrons. The van der Waals surface area contributed by atoms with Crippen LogP contribution in [0, 0.1) is 0 Å². The minimum absolute atomic E-state index is 0.156. The maximum atomic E-state index is 5.59. The predicted octanol–water partition coefficient (Wildman–Crippen LogP) is 0.698. The number of pyridine rings is 1. The van der Waals surface area contributed by atoms with E-state index in [0.29, 0.717) is 6.54 Å². The van der Waals surface area contributed by atoms with E-state index in [4.69, 9.17) is 10.5 Å². The van der Waals surface area contributed by atoms with Crippen molar-refractivity contribution in [1.82, 2.24) is 4.98 Å². The molecule has 1 aromatic heterocycles. The Kier molecular flexibility index (Phi) is 2.29. The zero-order valence-electron chi connectivity index (χ0n) is 7.57. The highest BCUT2D eigenvalue weighted by Crippen LogP contribution is 2.34. The fraction of sp³-hybridized carbons (Fsp3) is 0.500. The third-order valence-electron chi connectivity index (χ3n) is 2.65. The lowest BCUT2D eigenvalue weighted by Crippen LogP contribution is -2.48. The monoisotopic (exact) mass is 178 g/mol. The molecule has 3 nitrogen and oxygen atoms in total. The summed E-state index contributed by atoms with van der Waals surface area (Å²) in [6.45, 7) is 2.28. The average molecular weight is 178 g/mol. The number of nitrogens with zero attached hydrogens (tertiary/aromatic N) is 1. The first-order valence-electron chi connectivity index (χ1n) is 4.56. The smallest absolute Gasteiger partial charge is 0.0586 e. The van der Waals surface area contributed by atoms with E-state index in [2.05, 4.69) is 11.1 Å². The third-order valence-corrected chi connectivity index (χ3v) is 2.65. The molecule has 0 aliphatic carbocycles.